The Balaban J connectivity index is 0.000000845. The van der Waals surface area contributed by atoms with Crippen molar-refractivity contribution in [3.8, 4) is 0 Å². The zero-order chi connectivity index (χ0) is 8.39. The predicted octanol–water partition coefficient (Wildman–Crippen LogP) is 0.193. The monoisotopic (exact) mass is 205 g/mol. The van der Waals surface area contributed by atoms with Crippen LogP contribution in [-0.4, -0.2) is 43.2 Å². The van der Waals surface area contributed by atoms with Gasteiger partial charge in [-0.05, 0) is 25.8 Å². The molecule has 0 aliphatic carbocycles. The minimum absolute atomic E-state index is 0. The molecule has 3 nitrogen and oxygen atoms in total. The predicted molar refractivity (Wildman–Crippen MR) is 57.3 cm³/mol. The summed E-state index contributed by atoms with van der Waals surface area (Å²) in [6, 6.07) is 1.21. The van der Waals surface area contributed by atoms with E-state index in [9.17, 15) is 0 Å². The number of likely N-dealkylation sites (tertiary alicyclic amines) is 1. The van der Waals surface area contributed by atoms with Gasteiger partial charge in [-0.2, -0.15) is 0 Å². The van der Waals surface area contributed by atoms with Gasteiger partial charge in [0.05, 0.1) is 0 Å². The highest BCUT2D eigenvalue weighted by atomic mass is 35.5. The Labute approximate surface area is 86.4 Å². The molecule has 0 bridgehead atoms. The fourth-order valence-corrected chi connectivity index (χ4v) is 2.29. The van der Waals surface area contributed by atoms with Crippen LogP contribution in [0.15, 0.2) is 0 Å². The van der Waals surface area contributed by atoms with Gasteiger partial charge in [0.2, 0.25) is 0 Å². The minimum atomic E-state index is 0. The van der Waals surface area contributed by atoms with E-state index in [2.05, 4.69) is 10.2 Å². The molecule has 0 aromatic rings. The van der Waals surface area contributed by atoms with Crippen molar-refractivity contribution in [3.63, 3.8) is 0 Å². The molecule has 0 spiro atoms. The summed E-state index contributed by atoms with van der Waals surface area (Å²) in [7, 11) is 0. The van der Waals surface area contributed by atoms with E-state index >= 15 is 0 Å². The van der Waals surface area contributed by atoms with Gasteiger partial charge in [-0.3, -0.25) is 4.90 Å². The summed E-state index contributed by atoms with van der Waals surface area (Å²) in [4.78, 5) is 2.55. The van der Waals surface area contributed by atoms with Crippen molar-refractivity contribution in [1.29, 1.82) is 0 Å². The fraction of sp³-hybridized carbons (Fsp3) is 1.00. The average Bonchev–Trinajstić information content (AvgIpc) is 2.54. The molecule has 2 fully saturated rings. The number of halogens is 1. The minimum Gasteiger partial charge on any atom is -0.326 e. The van der Waals surface area contributed by atoms with E-state index in [1.54, 1.807) is 0 Å². The molecule has 4 heteroatoms. The molecule has 0 aromatic heterocycles. The molecule has 0 amide bonds. The molecule has 1 unspecified atom stereocenters. The number of hydrogen-bond acceptors (Lipinski definition) is 3. The lowest BCUT2D eigenvalue weighted by molar-refractivity contribution is 0.201. The largest absolute Gasteiger partial charge is 0.326 e. The standard InChI is InChI=1S/C9H19N3.ClH/c10-8-3-5-12(7-8)9-2-1-4-11-6-9;/h8-9,11H,1-7,10H2;1H/t8-,9?;/m0./s1. The molecule has 0 radical (unpaired) electrons. The van der Waals surface area contributed by atoms with E-state index in [1.807, 2.05) is 0 Å². The quantitative estimate of drug-likeness (QED) is 0.643. The Kier molecular flexibility index (Phi) is 4.46. The Morgan fingerprint density at radius 3 is 2.69 bits per heavy atom. The van der Waals surface area contributed by atoms with Gasteiger partial charge in [0.1, 0.15) is 0 Å². The van der Waals surface area contributed by atoms with Crippen LogP contribution in [0, 0.1) is 0 Å². The highest BCUT2D eigenvalue weighted by Crippen LogP contribution is 2.16. The Morgan fingerprint density at radius 2 is 2.15 bits per heavy atom. The molecule has 2 rings (SSSR count). The summed E-state index contributed by atoms with van der Waals surface area (Å²) in [5.41, 5.74) is 5.87. The third-order valence-corrected chi connectivity index (χ3v) is 3.04. The third kappa shape index (κ3) is 2.81. The van der Waals surface area contributed by atoms with Crippen LogP contribution in [0.3, 0.4) is 0 Å². The second-order valence-electron chi connectivity index (χ2n) is 4.04. The normalized spacial score (nSPS) is 35.8. The number of rotatable bonds is 1. The van der Waals surface area contributed by atoms with Crippen molar-refractivity contribution in [2.24, 2.45) is 5.73 Å². The molecule has 78 valence electrons. The summed E-state index contributed by atoms with van der Waals surface area (Å²) in [6.45, 7) is 4.71. The van der Waals surface area contributed by atoms with E-state index in [-0.39, 0.29) is 12.4 Å². The van der Waals surface area contributed by atoms with Crippen molar-refractivity contribution in [1.82, 2.24) is 10.2 Å². The van der Waals surface area contributed by atoms with Gasteiger partial charge in [0.25, 0.3) is 0 Å². The molecule has 2 saturated heterocycles. The van der Waals surface area contributed by atoms with Crippen molar-refractivity contribution in [2.45, 2.75) is 31.3 Å². The van der Waals surface area contributed by atoms with E-state index in [1.165, 1.54) is 38.9 Å². The SMILES string of the molecule is Cl.N[C@H]1CCN(C2CCCNC2)C1. The Bertz CT molecular complexity index is 145. The van der Waals surface area contributed by atoms with Gasteiger partial charge in [0, 0.05) is 31.7 Å². The maximum absolute atomic E-state index is 5.87. The van der Waals surface area contributed by atoms with Crippen molar-refractivity contribution >= 4 is 12.4 Å². The number of hydrogen-bond donors (Lipinski definition) is 2. The van der Waals surface area contributed by atoms with Crippen molar-refractivity contribution < 1.29 is 0 Å². The van der Waals surface area contributed by atoms with E-state index < -0.39 is 0 Å². The van der Waals surface area contributed by atoms with Gasteiger partial charge < -0.3 is 11.1 Å². The molecule has 2 aliphatic rings. The first-order valence-corrected chi connectivity index (χ1v) is 5.06. The Hall–Kier alpha value is 0.170. The molecule has 0 saturated carbocycles. The maximum atomic E-state index is 5.87. The number of nitrogens with two attached hydrogens (primary N) is 1. The summed E-state index contributed by atoms with van der Waals surface area (Å²) >= 11 is 0. The first-order chi connectivity index (χ1) is 5.86. The first-order valence-electron chi connectivity index (χ1n) is 5.06. The lowest BCUT2D eigenvalue weighted by Gasteiger charge is -2.31. The zero-order valence-corrected chi connectivity index (χ0v) is 8.85. The Morgan fingerprint density at radius 1 is 1.31 bits per heavy atom. The first kappa shape index (κ1) is 11.2. The van der Waals surface area contributed by atoms with Gasteiger partial charge in [-0.1, -0.05) is 0 Å². The summed E-state index contributed by atoms with van der Waals surface area (Å²) in [6.07, 6.45) is 3.88. The zero-order valence-electron chi connectivity index (χ0n) is 8.04. The van der Waals surface area contributed by atoms with Gasteiger partial charge in [0.15, 0.2) is 0 Å². The van der Waals surface area contributed by atoms with Crippen LogP contribution in [0.2, 0.25) is 0 Å². The van der Waals surface area contributed by atoms with E-state index in [4.69, 9.17) is 5.73 Å². The van der Waals surface area contributed by atoms with Gasteiger partial charge >= 0.3 is 0 Å². The van der Waals surface area contributed by atoms with Crippen LogP contribution in [0.4, 0.5) is 0 Å². The summed E-state index contributed by atoms with van der Waals surface area (Å²) in [5, 5.41) is 3.44. The second kappa shape index (κ2) is 5.15. The topological polar surface area (TPSA) is 41.3 Å². The molecule has 3 N–H and O–H groups in total. The number of nitrogens with zero attached hydrogens (tertiary/aromatic N) is 1. The van der Waals surface area contributed by atoms with Crippen molar-refractivity contribution in [3.05, 3.63) is 0 Å². The van der Waals surface area contributed by atoms with Crippen molar-refractivity contribution in [2.75, 3.05) is 26.2 Å². The molecule has 2 atom stereocenters. The molecular weight excluding hydrogens is 186 g/mol. The fourth-order valence-electron chi connectivity index (χ4n) is 2.29. The smallest absolute Gasteiger partial charge is 0.0221 e. The van der Waals surface area contributed by atoms with Gasteiger partial charge in [-0.15, -0.1) is 12.4 Å². The lowest BCUT2D eigenvalue weighted by atomic mass is 10.1. The molecule has 2 aliphatic heterocycles. The van der Waals surface area contributed by atoms with Crippen LogP contribution in [-0.2, 0) is 0 Å². The molecule has 0 aromatic carbocycles. The summed E-state index contributed by atoms with van der Waals surface area (Å²) < 4.78 is 0. The van der Waals surface area contributed by atoms with Crippen LogP contribution in [0.25, 0.3) is 0 Å². The third-order valence-electron chi connectivity index (χ3n) is 3.04. The molecule has 13 heavy (non-hydrogen) atoms. The molecule has 2 heterocycles. The molecular formula is C9H20ClN3. The van der Waals surface area contributed by atoms with E-state index in [0.717, 1.165) is 12.6 Å². The van der Waals surface area contributed by atoms with E-state index in [0.29, 0.717) is 6.04 Å². The average molecular weight is 206 g/mol. The highest BCUT2D eigenvalue weighted by molar-refractivity contribution is 5.85. The summed E-state index contributed by atoms with van der Waals surface area (Å²) in [5.74, 6) is 0. The van der Waals surface area contributed by atoms with Crippen LogP contribution in [0.5, 0.6) is 0 Å². The lowest BCUT2D eigenvalue weighted by Crippen LogP contribution is -2.45. The maximum Gasteiger partial charge on any atom is 0.0221 e. The number of nitrogens with one attached hydrogen (secondary N) is 1. The van der Waals surface area contributed by atoms with Crippen LogP contribution < -0.4 is 11.1 Å². The van der Waals surface area contributed by atoms with Crippen LogP contribution >= 0.6 is 12.4 Å². The number of piperidine rings is 1. The van der Waals surface area contributed by atoms with Gasteiger partial charge in [-0.25, -0.2) is 0 Å². The van der Waals surface area contributed by atoms with Crippen LogP contribution in [0.1, 0.15) is 19.3 Å². The highest BCUT2D eigenvalue weighted by Gasteiger charge is 2.26. The second-order valence-corrected chi connectivity index (χ2v) is 4.04.